The number of amides is 2. The van der Waals surface area contributed by atoms with E-state index in [0.717, 1.165) is 22.6 Å². The van der Waals surface area contributed by atoms with Crippen LogP contribution in [0.25, 0.3) is 0 Å². The molecule has 1 heterocycles. The van der Waals surface area contributed by atoms with Gasteiger partial charge in [0, 0.05) is 51.0 Å². The Bertz CT molecular complexity index is 655. The molecule has 0 radical (unpaired) electrons. The highest BCUT2D eigenvalue weighted by molar-refractivity contribution is 5.89. The summed E-state index contributed by atoms with van der Waals surface area (Å²) in [6.07, 6.45) is 1.69. The van der Waals surface area contributed by atoms with Crippen LogP contribution in [0.2, 0.25) is 0 Å². The van der Waals surface area contributed by atoms with Gasteiger partial charge in [0.25, 0.3) is 0 Å². The van der Waals surface area contributed by atoms with Gasteiger partial charge in [0.05, 0.1) is 0 Å². The molecule has 2 amide bonds. The maximum atomic E-state index is 12.2. The van der Waals surface area contributed by atoms with Crippen LogP contribution in [0.15, 0.2) is 42.6 Å². The second-order valence-corrected chi connectivity index (χ2v) is 5.54. The molecule has 116 valence electrons. The van der Waals surface area contributed by atoms with E-state index in [4.69, 9.17) is 0 Å². The highest BCUT2D eigenvalue weighted by atomic mass is 16.2. The minimum absolute atomic E-state index is 0.138. The molecule has 2 rings (SSSR count). The molecular weight excluding hydrogens is 276 g/mol. The molecule has 1 aromatic heterocycles. The van der Waals surface area contributed by atoms with Gasteiger partial charge in [-0.05, 0) is 36.8 Å². The van der Waals surface area contributed by atoms with E-state index in [9.17, 15) is 4.79 Å². The Balaban J connectivity index is 2.00. The number of hydrogen-bond acceptors (Lipinski definition) is 3. The van der Waals surface area contributed by atoms with Crippen LogP contribution in [-0.2, 0) is 6.54 Å². The molecule has 0 unspecified atom stereocenters. The summed E-state index contributed by atoms with van der Waals surface area (Å²) in [7, 11) is 5.79. The number of pyridine rings is 1. The molecule has 22 heavy (non-hydrogen) atoms. The minimum atomic E-state index is -0.138. The normalized spacial score (nSPS) is 10.2. The Morgan fingerprint density at radius 1 is 1.18 bits per heavy atom. The zero-order valence-electron chi connectivity index (χ0n) is 13.5. The fourth-order valence-corrected chi connectivity index (χ4v) is 2.12. The van der Waals surface area contributed by atoms with Gasteiger partial charge in [-0.15, -0.1) is 0 Å². The highest BCUT2D eigenvalue weighted by Crippen LogP contribution is 2.15. The summed E-state index contributed by atoms with van der Waals surface area (Å²) in [5.74, 6) is 0. The first-order valence-corrected chi connectivity index (χ1v) is 7.17. The third-order valence-corrected chi connectivity index (χ3v) is 3.34. The van der Waals surface area contributed by atoms with Crippen molar-refractivity contribution >= 4 is 17.4 Å². The zero-order valence-corrected chi connectivity index (χ0v) is 13.5. The van der Waals surface area contributed by atoms with Crippen LogP contribution < -0.4 is 10.2 Å². The Morgan fingerprint density at radius 3 is 2.64 bits per heavy atom. The van der Waals surface area contributed by atoms with Crippen LogP contribution in [0.4, 0.5) is 16.2 Å². The maximum Gasteiger partial charge on any atom is 0.321 e. The predicted octanol–water partition coefficient (Wildman–Crippen LogP) is 3.12. The number of carbonyl (C=O) groups excluding carboxylic acids is 1. The molecule has 0 spiro atoms. The van der Waals surface area contributed by atoms with E-state index in [2.05, 4.69) is 16.4 Å². The highest BCUT2D eigenvalue weighted by Gasteiger charge is 2.10. The number of benzene rings is 1. The number of rotatable bonds is 4. The van der Waals surface area contributed by atoms with Crippen LogP contribution in [0.5, 0.6) is 0 Å². The molecule has 2 aromatic rings. The molecule has 5 heteroatoms. The molecule has 0 atom stereocenters. The maximum absolute atomic E-state index is 12.2. The first-order valence-electron chi connectivity index (χ1n) is 7.17. The standard InChI is InChI=1S/C17H22N4O/c1-13-10-15(8-9-18-13)19-17(22)21(4)12-14-6-5-7-16(11-14)20(2)3/h5-11H,12H2,1-4H3,(H,18,19,22). The Labute approximate surface area is 131 Å². The molecule has 0 bridgehead atoms. The number of aromatic nitrogens is 1. The van der Waals surface area contributed by atoms with Crippen molar-refractivity contribution < 1.29 is 4.79 Å². The monoisotopic (exact) mass is 298 g/mol. The summed E-state index contributed by atoms with van der Waals surface area (Å²) >= 11 is 0. The lowest BCUT2D eigenvalue weighted by molar-refractivity contribution is 0.220. The van der Waals surface area contributed by atoms with Crippen molar-refractivity contribution in [2.75, 3.05) is 31.4 Å². The molecule has 0 aliphatic rings. The molecule has 1 N–H and O–H groups in total. The average molecular weight is 298 g/mol. The SMILES string of the molecule is Cc1cc(NC(=O)N(C)Cc2cccc(N(C)C)c2)ccn1. The molecule has 0 fully saturated rings. The summed E-state index contributed by atoms with van der Waals surface area (Å²) in [5.41, 5.74) is 3.84. The van der Waals surface area contributed by atoms with Crippen molar-refractivity contribution in [1.82, 2.24) is 9.88 Å². The van der Waals surface area contributed by atoms with Gasteiger partial charge < -0.3 is 15.1 Å². The number of hydrogen-bond donors (Lipinski definition) is 1. The Hall–Kier alpha value is -2.56. The fourth-order valence-electron chi connectivity index (χ4n) is 2.12. The number of aryl methyl sites for hydroxylation is 1. The van der Waals surface area contributed by atoms with E-state index < -0.39 is 0 Å². The van der Waals surface area contributed by atoms with Crippen LogP contribution in [-0.4, -0.2) is 37.1 Å². The third-order valence-electron chi connectivity index (χ3n) is 3.34. The Morgan fingerprint density at radius 2 is 1.95 bits per heavy atom. The minimum Gasteiger partial charge on any atom is -0.378 e. The second kappa shape index (κ2) is 6.93. The van der Waals surface area contributed by atoms with Crippen molar-refractivity contribution in [3.8, 4) is 0 Å². The molecule has 0 aliphatic heterocycles. The van der Waals surface area contributed by atoms with E-state index in [-0.39, 0.29) is 6.03 Å². The van der Waals surface area contributed by atoms with Crippen molar-refractivity contribution in [3.63, 3.8) is 0 Å². The third kappa shape index (κ3) is 4.22. The summed E-state index contributed by atoms with van der Waals surface area (Å²) in [4.78, 5) is 20.0. The molecular formula is C17H22N4O. The van der Waals surface area contributed by atoms with Gasteiger partial charge in [-0.25, -0.2) is 4.79 Å². The van der Waals surface area contributed by atoms with E-state index in [1.165, 1.54) is 0 Å². The molecule has 1 aromatic carbocycles. The van der Waals surface area contributed by atoms with E-state index in [1.54, 1.807) is 24.2 Å². The zero-order chi connectivity index (χ0) is 16.1. The fraction of sp³-hybridized carbons (Fsp3) is 0.294. The smallest absolute Gasteiger partial charge is 0.321 e. The van der Waals surface area contributed by atoms with E-state index in [0.29, 0.717) is 6.54 Å². The summed E-state index contributed by atoms with van der Waals surface area (Å²) in [6, 6.07) is 11.6. The van der Waals surface area contributed by atoms with Crippen molar-refractivity contribution in [2.24, 2.45) is 0 Å². The van der Waals surface area contributed by atoms with Gasteiger partial charge in [0.2, 0.25) is 0 Å². The van der Waals surface area contributed by atoms with Crippen molar-refractivity contribution in [1.29, 1.82) is 0 Å². The van der Waals surface area contributed by atoms with Gasteiger partial charge >= 0.3 is 6.03 Å². The molecule has 0 aliphatic carbocycles. The van der Waals surface area contributed by atoms with E-state index >= 15 is 0 Å². The number of nitrogens with zero attached hydrogens (tertiary/aromatic N) is 3. The quantitative estimate of drug-likeness (QED) is 0.943. The topological polar surface area (TPSA) is 48.5 Å². The summed E-state index contributed by atoms with van der Waals surface area (Å²) in [6.45, 7) is 2.45. The van der Waals surface area contributed by atoms with Gasteiger partial charge in [-0.2, -0.15) is 0 Å². The van der Waals surface area contributed by atoms with Gasteiger partial charge in [-0.1, -0.05) is 12.1 Å². The largest absolute Gasteiger partial charge is 0.378 e. The number of urea groups is 1. The van der Waals surface area contributed by atoms with Gasteiger partial charge in [0.1, 0.15) is 0 Å². The summed E-state index contributed by atoms with van der Waals surface area (Å²) < 4.78 is 0. The van der Waals surface area contributed by atoms with Crippen molar-refractivity contribution in [2.45, 2.75) is 13.5 Å². The van der Waals surface area contributed by atoms with Crippen molar-refractivity contribution in [3.05, 3.63) is 53.9 Å². The first-order chi connectivity index (χ1) is 10.5. The number of anilines is 2. The first kappa shape index (κ1) is 15.8. The second-order valence-electron chi connectivity index (χ2n) is 5.54. The number of nitrogens with one attached hydrogen (secondary N) is 1. The average Bonchev–Trinajstić information content (AvgIpc) is 2.47. The Kier molecular flexibility index (Phi) is 4.99. The van der Waals surface area contributed by atoms with Crippen LogP contribution in [0.3, 0.4) is 0 Å². The van der Waals surface area contributed by atoms with Crippen LogP contribution >= 0.6 is 0 Å². The lowest BCUT2D eigenvalue weighted by atomic mass is 10.2. The van der Waals surface area contributed by atoms with Gasteiger partial charge in [0.15, 0.2) is 0 Å². The molecule has 0 saturated carbocycles. The number of carbonyl (C=O) groups is 1. The lowest BCUT2D eigenvalue weighted by Crippen LogP contribution is -2.30. The molecule has 0 saturated heterocycles. The lowest BCUT2D eigenvalue weighted by Gasteiger charge is -2.19. The van der Waals surface area contributed by atoms with Crippen LogP contribution in [0, 0.1) is 6.92 Å². The van der Waals surface area contributed by atoms with Crippen LogP contribution in [0.1, 0.15) is 11.3 Å². The van der Waals surface area contributed by atoms with Gasteiger partial charge in [-0.3, -0.25) is 4.98 Å². The predicted molar refractivity (Wildman–Crippen MR) is 90.2 cm³/mol. The summed E-state index contributed by atoms with van der Waals surface area (Å²) in [5, 5.41) is 2.88. The molecule has 5 nitrogen and oxygen atoms in total. The van der Waals surface area contributed by atoms with E-state index in [1.807, 2.05) is 50.2 Å².